The van der Waals surface area contributed by atoms with Crippen LogP contribution in [0.5, 0.6) is 0 Å². The van der Waals surface area contributed by atoms with Crippen LogP contribution in [0.2, 0.25) is 0 Å². The summed E-state index contributed by atoms with van der Waals surface area (Å²) in [6.45, 7) is 9.67. The van der Waals surface area contributed by atoms with Gasteiger partial charge in [0.1, 0.15) is 0 Å². The summed E-state index contributed by atoms with van der Waals surface area (Å²) in [5, 5.41) is 6.70. The lowest BCUT2D eigenvalue weighted by Crippen LogP contribution is -2.16. The molecule has 2 N–H and O–H groups in total. The molecule has 1 rings (SSSR count). The number of benzene rings is 1. The first-order valence-electron chi connectivity index (χ1n) is 8.98. The molecule has 0 aromatic heterocycles. The van der Waals surface area contributed by atoms with Gasteiger partial charge in [0.2, 0.25) is 0 Å². The van der Waals surface area contributed by atoms with Gasteiger partial charge >= 0.3 is 0 Å². The van der Waals surface area contributed by atoms with Gasteiger partial charge in [0.15, 0.2) is 0 Å². The van der Waals surface area contributed by atoms with Gasteiger partial charge in [-0.05, 0) is 58.0 Å². The van der Waals surface area contributed by atoms with Gasteiger partial charge in [-0.15, -0.1) is 0 Å². The normalized spacial score (nSPS) is 12.3. The second-order valence-electron chi connectivity index (χ2n) is 6.24. The first-order valence-corrected chi connectivity index (χ1v) is 8.98. The molecule has 128 valence electrons. The lowest BCUT2D eigenvalue weighted by molar-refractivity contribution is 0.620. The van der Waals surface area contributed by atoms with Crippen molar-refractivity contribution < 1.29 is 0 Å². The van der Waals surface area contributed by atoms with Crippen molar-refractivity contribution in [2.75, 3.05) is 26.7 Å². The van der Waals surface area contributed by atoms with Crippen molar-refractivity contribution in [2.45, 2.75) is 46.5 Å². The third kappa shape index (κ3) is 8.73. The number of likely N-dealkylation sites (N-methyl/N-ethyl adjacent to an activating group) is 1. The highest BCUT2D eigenvalue weighted by Gasteiger charge is 2.00. The van der Waals surface area contributed by atoms with E-state index in [1.54, 1.807) is 0 Å². The van der Waals surface area contributed by atoms with Crippen molar-refractivity contribution in [1.29, 1.82) is 0 Å². The molecular weight excluding hydrogens is 280 g/mol. The Morgan fingerprint density at radius 2 is 1.78 bits per heavy atom. The Labute approximate surface area is 143 Å². The van der Waals surface area contributed by atoms with Crippen LogP contribution in [0.25, 0.3) is 5.57 Å². The summed E-state index contributed by atoms with van der Waals surface area (Å²) in [7, 11) is 1.98. The Morgan fingerprint density at radius 1 is 1.04 bits per heavy atom. The Morgan fingerprint density at radius 3 is 2.43 bits per heavy atom. The van der Waals surface area contributed by atoms with E-state index in [1.807, 2.05) is 7.05 Å². The average Bonchev–Trinajstić information content (AvgIpc) is 2.51. The summed E-state index contributed by atoms with van der Waals surface area (Å²) in [6, 6.07) is 6.78. The summed E-state index contributed by atoms with van der Waals surface area (Å²) < 4.78 is 0. The van der Waals surface area contributed by atoms with Crippen LogP contribution in [-0.4, -0.2) is 26.7 Å². The van der Waals surface area contributed by atoms with Gasteiger partial charge in [-0.3, -0.25) is 0 Å². The number of aryl methyl sites for hydroxylation is 2. The molecule has 0 spiro atoms. The SMILES string of the molecule is CCCCCNCC/C=C(\C=C/CNC)c1cc(C)cc(C)c1. The third-order valence-corrected chi connectivity index (χ3v) is 3.82. The number of rotatable bonds is 11. The van der Waals surface area contributed by atoms with E-state index in [-0.39, 0.29) is 0 Å². The molecule has 0 saturated heterocycles. The number of hydrogen-bond acceptors (Lipinski definition) is 2. The first kappa shape index (κ1) is 19.7. The van der Waals surface area contributed by atoms with E-state index >= 15 is 0 Å². The Balaban J connectivity index is 2.66. The van der Waals surface area contributed by atoms with E-state index in [1.165, 1.54) is 41.5 Å². The molecule has 0 bridgehead atoms. The fourth-order valence-corrected chi connectivity index (χ4v) is 2.68. The highest BCUT2D eigenvalue weighted by molar-refractivity contribution is 5.74. The minimum atomic E-state index is 0.900. The Bertz CT molecular complexity index is 480. The van der Waals surface area contributed by atoms with Crippen LogP contribution in [0.4, 0.5) is 0 Å². The lowest BCUT2D eigenvalue weighted by atomic mass is 9.99. The summed E-state index contributed by atoms with van der Waals surface area (Å²) in [4.78, 5) is 0. The molecule has 0 aliphatic carbocycles. The molecule has 1 aromatic carbocycles. The molecule has 0 unspecified atom stereocenters. The van der Waals surface area contributed by atoms with Crippen LogP contribution >= 0.6 is 0 Å². The van der Waals surface area contributed by atoms with E-state index in [0.29, 0.717) is 0 Å². The molecule has 0 heterocycles. The summed E-state index contributed by atoms with van der Waals surface area (Å²) in [5.74, 6) is 0. The van der Waals surface area contributed by atoms with E-state index in [2.05, 4.69) is 67.8 Å². The second-order valence-corrected chi connectivity index (χ2v) is 6.24. The quantitative estimate of drug-likeness (QED) is 0.459. The van der Waals surface area contributed by atoms with Crippen molar-refractivity contribution in [3.63, 3.8) is 0 Å². The van der Waals surface area contributed by atoms with Crippen LogP contribution in [-0.2, 0) is 0 Å². The fraction of sp³-hybridized carbons (Fsp3) is 0.524. The van der Waals surface area contributed by atoms with Gasteiger partial charge < -0.3 is 10.6 Å². The van der Waals surface area contributed by atoms with E-state index in [9.17, 15) is 0 Å². The molecule has 0 radical (unpaired) electrons. The smallest absolute Gasteiger partial charge is 0.0135 e. The van der Waals surface area contributed by atoms with Crippen LogP contribution in [0.15, 0.2) is 36.4 Å². The van der Waals surface area contributed by atoms with Crippen LogP contribution in [0, 0.1) is 13.8 Å². The zero-order chi connectivity index (χ0) is 16.9. The van der Waals surface area contributed by atoms with Crippen molar-refractivity contribution >= 4 is 5.57 Å². The van der Waals surface area contributed by atoms with Gasteiger partial charge in [-0.25, -0.2) is 0 Å². The zero-order valence-corrected chi connectivity index (χ0v) is 15.4. The van der Waals surface area contributed by atoms with Gasteiger partial charge in [0, 0.05) is 6.54 Å². The second kappa shape index (κ2) is 12.1. The number of unbranched alkanes of at least 4 members (excludes halogenated alkanes) is 2. The van der Waals surface area contributed by atoms with Crippen molar-refractivity contribution in [3.8, 4) is 0 Å². The van der Waals surface area contributed by atoms with Crippen LogP contribution in [0.1, 0.15) is 49.3 Å². The lowest BCUT2D eigenvalue weighted by Gasteiger charge is -2.08. The maximum Gasteiger partial charge on any atom is 0.0135 e. The monoisotopic (exact) mass is 314 g/mol. The number of allylic oxidation sites excluding steroid dienone is 2. The van der Waals surface area contributed by atoms with Crippen molar-refractivity contribution in [2.24, 2.45) is 0 Å². The fourth-order valence-electron chi connectivity index (χ4n) is 2.68. The predicted octanol–water partition coefficient (Wildman–Crippen LogP) is 4.63. The summed E-state index contributed by atoms with van der Waals surface area (Å²) in [5.41, 5.74) is 5.29. The molecule has 2 heteroatoms. The highest BCUT2D eigenvalue weighted by atomic mass is 14.8. The van der Waals surface area contributed by atoms with Gasteiger partial charge in [0.25, 0.3) is 0 Å². The van der Waals surface area contributed by atoms with Crippen molar-refractivity contribution in [3.05, 3.63) is 53.1 Å². The zero-order valence-electron chi connectivity index (χ0n) is 15.4. The highest BCUT2D eigenvalue weighted by Crippen LogP contribution is 2.20. The molecule has 0 aliphatic rings. The van der Waals surface area contributed by atoms with Gasteiger partial charge in [-0.1, -0.05) is 67.3 Å². The first-order chi connectivity index (χ1) is 11.2. The van der Waals surface area contributed by atoms with Crippen molar-refractivity contribution in [1.82, 2.24) is 10.6 Å². The minimum absolute atomic E-state index is 0.900. The summed E-state index contributed by atoms with van der Waals surface area (Å²) >= 11 is 0. The van der Waals surface area contributed by atoms with E-state index in [4.69, 9.17) is 0 Å². The Hall–Kier alpha value is -1.38. The standard InChI is InChI=1S/C21H34N2/c1-5-6-7-13-23-14-9-11-20(10-8-12-22-4)21-16-18(2)15-19(3)17-21/h8,10-11,15-17,22-23H,5-7,9,12-14H2,1-4H3/b10-8-,20-11+. The molecule has 2 nitrogen and oxygen atoms in total. The number of nitrogens with one attached hydrogen (secondary N) is 2. The average molecular weight is 315 g/mol. The molecule has 0 saturated carbocycles. The number of hydrogen-bond donors (Lipinski definition) is 2. The Kier molecular flexibility index (Phi) is 10.3. The van der Waals surface area contributed by atoms with E-state index in [0.717, 1.165) is 26.1 Å². The predicted molar refractivity (Wildman–Crippen MR) is 104 cm³/mol. The molecule has 0 atom stereocenters. The molecule has 0 aliphatic heterocycles. The van der Waals surface area contributed by atoms with Crippen LogP contribution < -0.4 is 10.6 Å². The minimum Gasteiger partial charge on any atom is -0.316 e. The molecule has 0 amide bonds. The van der Waals surface area contributed by atoms with Gasteiger partial charge in [0.05, 0.1) is 0 Å². The molecule has 0 fully saturated rings. The molecule has 23 heavy (non-hydrogen) atoms. The van der Waals surface area contributed by atoms with Crippen LogP contribution in [0.3, 0.4) is 0 Å². The third-order valence-electron chi connectivity index (χ3n) is 3.82. The maximum absolute atomic E-state index is 3.54. The maximum atomic E-state index is 3.54. The summed E-state index contributed by atoms with van der Waals surface area (Å²) in [6.07, 6.45) is 11.7. The van der Waals surface area contributed by atoms with Gasteiger partial charge in [-0.2, -0.15) is 0 Å². The van der Waals surface area contributed by atoms with E-state index < -0.39 is 0 Å². The largest absolute Gasteiger partial charge is 0.316 e. The molecule has 1 aromatic rings. The topological polar surface area (TPSA) is 24.1 Å². The molecular formula is C21H34N2.